The van der Waals surface area contributed by atoms with Gasteiger partial charge in [-0.25, -0.2) is 0 Å². The van der Waals surface area contributed by atoms with Crippen LogP contribution < -0.4 is 5.32 Å². The van der Waals surface area contributed by atoms with E-state index in [9.17, 15) is 4.79 Å². The van der Waals surface area contributed by atoms with E-state index in [1.807, 2.05) is 0 Å². The summed E-state index contributed by atoms with van der Waals surface area (Å²) in [6.07, 6.45) is 8.57. The predicted octanol–water partition coefficient (Wildman–Crippen LogP) is 5.08. The van der Waals surface area contributed by atoms with Crippen LogP contribution in [0.15, 0.2) is 21.8 Å². The second-order valence-corrected chi connectivity index (χ2v) is 7.31. The molecule has 1 amide bonds. The van der Waals surface area contributed by atoms with E-state index in [1.54, 1.807) is 6.08 Å². The van der Waals surface area contributed by atoms with Crippen molar-refractivity contribution in [2.75, 3.05) is 0 Å². The quantitative estimate of drug-likeness (QED) is 0.753. The van der Waals surface area contributed by atoms with Gasteiger partial charge in [-0.2, -0.15) is 0 Å². The van der Waals surface area contributed by atoms with Gasteiger partial charge in [0.05, 0.1) is 5.03 Å². The minimum atomic E-state index is -0.136. The van der Waals surface area contributed by atoms with Crippen LogP contribution in [0.25, 0.3) is 0 Å². The Kier molecular flexibility index (Phi) is 5.19. The summed E-state index contributed by atoms with van der Waals surface area (Å²) in [4.78, 5) is 12.6. The van der Waals surface area contributed by atoms with Crippen LogP contribution in [-0.2, 0) is 4.79 Å². The molecule has 0 aliphatic heterocycles. The highest BCUT2D eigenvalue weighted by Crippen LogP contribution is 2.46. The van der Waals surface area contributed by atoms with Gasteiger partial charge in [0.2, 0.25) is 5.91 Å². The second-order valence-electron chi connectivity index (χ2n) is 6.44. The molecule has 2 aliphatic carbocycles. The SMILES string of the molecule is CC(C)CCC1(C(=O)NC2=CC(Cl)=C(Cl)CC2)CCC1. The van der Waals surface area contributed by atoms with Crippen LogP contribution in [0.5, 0.6) is 0 Å². The lowest BCUT2D eigenvalue weighted by Gasteiger charge is -2.41. The van der Waals surface area contributed by atoms with E-state index in [0.717, 1.165) is 44.2 Å². The van der Waals surface area contributed by atoms with Crippen molar-refractivity contribution in [3.05, 3.63) is 21.8 Å². The zero-order valence-electron chi connectivity index (χ0n) is 12.3. The summed E-state index contributed by atoms with van der Waals surface area (Å²) < 4.78 is 0. The summed E-state index contributed by atoms with van der Waals surface area (Å²) in [5.41, 5.74) is 0.767. The van der Waals surface area contributed by atoms with Crippen LogP contribution in [0.1, 0.15) is 58.8 Å². The zero-order valence-corrected chi connectivity index (χ0v) is 13.8. The molecule has 2 nitrogen and oxygen atoms in total. The van der Waals surface area contributed by atoms with Gasteiger partial charge < -0.3 is 5.32 Å². The molecule has 0 spiro atoms. The first kappa shape index (κ1) is 15.9. The molecule has 1 saturated carbocycles. The number of rotatable bonds is 5. The Morgan fingerprint density at radius 1 is 1.35 bits per heavy atom. The number of halogens is 2. The first-order valence-electron chi connectivity index (χ1n) is 7.49. The van der Waals surface area contributed by atoms with Crippen molar-refractivity contribution >= 4 is 29.1 Å². The number of allylic oxidation sites excluding steroid dienone is 4. The molecular weight excluding hydrogens is 293 g/mol. The molecule has 0 bridgehead atoms. The maximum atomic E-state index is 12.6. The molecule has 2 rings (SSSR count). The molecule has 112 valence electrons. The van der Waals surface area contributed by atoms with E-state index in [-0.39, 0.29) is 11.3 Å². The number of hydrogen-bond acceptors (Lipinski definition) is 1. The molecule has 0 radical (unpaired) electrons. The Bertz CT molecular complexity index is 447. The topological polar surface area (TPSA) is 29.1 Å². The van der Waals surface area contributed by atoms with Gasteiger partial charge in [0.15, 0.2) is 0 Å². The summed E-state index contributed by atoms with van der Waals surface area (Å²) >= 11 is 12.0. The molecule has 0 atom stereocenters. The van der Waals surface area contributed by atoms with Crippen molar-refractivity contribution in [3.63, 3.8) is 0 Å². The monoisotopic (exact) mass is 315 g/mol. The van der Waals surface area contributed by atoms with E-state index in [2.05, 4.69) is 19.2 Å². The summed E-state index contributed by atoms with van der Waals surface area (Å²) in [5.74, 6) is 0.823. The lowest BCUT2D eigenvalue weighted by molar-refractivity contribution is -0.136. The average molecular weight is 316 g/mol. The highest BCUT2D eigenvalue weighted by molar-refractivity contribution is 6.40. The Labute approximate surface area is 131 Å². The van der Waals surface area contributed by atoms with Crippen LogP contribution in [-0.4, -0.2) is 5.91 Å². The Morgan fingerprint density at radius 2 is 2.05 bits per heavy atom. The molecule has 2 aliphatic rings. The Balaban J connectivity index is 1.98. The highest BCUT2D eigenvalue weighted by Gasteiger charge is 2.43. The largest absolute Gasteiger partial charge is 0.329 e. The Morgan fingerprint density at radius 3 is 2.55 bits per heavy atom. The fourth-order valence-electron chi connectivity index (χ4n) is 2.80. The molecule has 20 heavy (non-hydrogen) atoms. The van der Waals surface area contributed by atoms with Crippen LogP contribution >= 0.6 is 23.2 Å². The third kappa shape index (κ3) is 3.59. The van der Waals surface area contributed by atoms with Crippen LogP contribution in [0.4, 0.5) is 0 Å². The maximum Gasteiger partial charge on any atom is 0.230 e. The number of carbonyl (C=O) groups excluding carboxylic acids is 1. The Hall–Kier alpha value is -0.470. The number of carbonyl (C=O) groups is 1. The first-order valence-corrected chi connectivity index (χ1v) is 8.25. The minimum Gasteiger partial charge on any atom is -0.329 e. The van der Waals surface area contributed by atoms with Crippen LogP contribution in [0, 0.1) is 11.3 Å². The predicted molar refractivity (Wildman–Crippen MR) is 84.5 cm³/mol. The molecule has 0 aromatic rings. The van der Waals surface area contributed by atoms with Crippen molar-refractivity contribution in [2.24, 2.45) is 11.3 Å². The summed E-state index contributed by atoms with van der Waals surface area (Å²) in [6.45, 7) is 4.42. The van der Waals surface area contributed by atoms with Crippen molar-refractivity contribution in [3.8, 4) is 0 Å². The fourth-order valence-corrected chi connectivity index (χ4v) is 3.18. The summed E-state index contributed by atoms with van der Waals surface area (Å²) in [6, 6.07) is 0. The standard InChI is InChI=1S/C16H23Cl2NO/c1-11(2)6-9-16(7-3-8-16)15(20)19-12-4-5-13(17)14(18)10-12/h10-11H,3-9H2,1-2H3,(H,19,20). The molecule has 0 aromatic heterocycles. The van der Waals surface area contributed by atoms with Gasteiger partial charge in [-0.1, -0.05) is 43.5 Å². The van der Waals surface area contributed by atoms with Crippen molar-refractivity contribution in [2.45, 2.75) is 58.8 Å². The molecule has 1 fully saturated rings. The lowest BCUT2D eigenvalue weighted by atomic mass is 9.64. The molecular formula is C16H23Cl2NO. The smallest absolute Gasteiger partial charge is 0.230 e. The van der Waals surface area contributed by atoms with Gasteiger partial charge in [0.1, 0.15) is 0 Å². The van der Waals surface area contributed by atoms with Gasteiger partial charge in [0, 0.05) is 16.1 Å². The van der Waals surface area contributed by atoms with Gasteiger partial charge in [-0.05, 0) is 50.5 Å². The van der Waals surface area contributed by atoms with Gasteiger partial charge in [-0.3, -0.25) is 4.79 Å². The minimum absolute atomic E-state index is 0.136. The first-order chi connectivity index (χ1) is 9.43. The molecule has 0 saturated heterocycles. The van der Waals surface area contributed by atoms with E-state index >= 15 is 0 Å². The maximum absolute atomic E-state index is 12.6. The van der Waals surface area contributed by atoms with Crippen molar-refractivity contribution in [1.29, 1.82) is 0 Å². The van der Waals surface area contributed by atoms with E-state index in [0.29, 0.717) is 22.4 Å². The average Bonchev–Trinajstić information content (AvgIpc) is 2.32. The van der Waals surface area contributed by atoms with Gasteiger partial charge >= 0.3 is 0 Å². The molecule has 1 N–H and O–H groups in total. The van der Waals surface area contributed by atoms with E-state index < -0.39 is 0 Å². The van der Waals surface area contributed by atoms with Crippen molar-refractivity contribution in [1.82, 2.24) is 5.32 Å². The molecule has 0 heterocycles. The van der Waals surface area contributed by atoms with E-state index in [1.165, 1.54) is 0 Å². The van der Waals surface area contributed by atoms with Crippen LogP contribution in [0.2, 0.25) is 0 Å². The highest BCUT2D eigenvalue weighted by atomic mass is 35.5. The second kappa shape index (κ2) is 6.53. The van der Waals surface area contributed by atoms with Gasteiger partial charge in [0.25, 0.3) is 0 Å². The van der Waals surface area contributed by atoms with Crippen molar-refractivity contribution < 1.29 is 4.79 Å². The summed E-state index contributed by atoms with van der Waals surface area (Å²) in [5, 5.41) is 4.32. The number of nitrogens with one attached hydrogen (secondary N) is 1. The van der Waals surface area contributed by atoms with E-state index in [4.69, 9.17) is 23.2 Å². The number of hydrogen-bond donors (Lipinski definition) is 1. The van der Waals surface area contributed by atoms with Crippen LogP contribution in [0.3, 0.4) is 0 Å². The molecule has 0 unspecified atom stereocenters. The zero-order chi connectivity index (χ0) is 14.8. The third-order valence-corrected chi connectivity index (χ3v) is 5.27. The molecule has 4 heteroatoms. The third-order valence-electron chi connectivity index (χ3n) is 4.44. The van der Waals surface area contributed by atoms with Gasteiger partial charge in [-0.15, -0.1) is 0 Å². The number of amides is 1. The molecule has 0 aromatic carbocycles. The normalized spacial score (nSPS) is 21.6. The lowest BCUT2D eigenvalue weighted by Crippen LogP contribution is -2.45. The summed E-state index contributed by atoms with van der Waals surface area (Å²) in [7, 11) is 0. The fraction of sp³-hybridized carbons (Fsp3) is 0.688.